The molecule has 3 aromatic heterocycles. The van der Waals surface area contributed by atoms with E-state index >= 15 is 0 Å². The molecule has 1 N–H and O–H groups in total. The maximum Gasteiger partial charge on any atom is 0.251 e. The van der Waals surface area contributed by atoms with Crippen LogP contribution < -0.4 is 5.56 Å². The summed E-state index contributed by atoms with van der Waals surface area (Å²) in [7, 11) is 0. The van der Waals surface area contributed by atoms with Crippen LogP contribution >= 0.6 is 11.3 Å². The number of aromatic amines is 1. The van der Waals surface area contributed by atoms with Gasteiger partial charge in [0.2, 0.25) is 0 Å². The first-order valence-corrected chi connectivity index (χ1v) is 9.70. The number of likely N-dealkylation sites (tertiary alicyclic amines) is 1. The van der Waals surface area contributed by atoms with Crippen LogP contribution in [0.5, 0.6) is 0 Å². The molecule has 0 spiro atoms. The van der Waals surface area contributed by atoms with Gasteiger partial charge in [0.1, 0.15) is 5.82 Å². The summed E-state index contributed by atoms with van der Waals surface area (Å²) >= 11 is 1.65. The highest BCUT2D eigenvalue weighted by Crippen LogP contribution is 2.26. The average molecular weight is 367 g/mol. The van der Waals surface area contributed by atoms with Crippen LogP contribution in [0.25, 0.3) is 10.7 Å². The predicted molar refractivity (Wildman–Crippen MR) is 102 cm³/mol. The van der Waals surface area contributed by atoms with Crippen LogP contribution in [-0.4, -0.2) is 37.9 Å². The van der Waals surface area contributed by atoms with Crippen LogP contribution in [0.2, 0.25) is 0 Å². The van der Waals surface area contributed by atoms with Gasteiger partial charge in [-0.05, 0) is 37.8 Å². The molecule has 3 aromatic rings. The van der Waals surface area contributed by atoms with E-state index < -0.39 is 0 Å². The Hall–Kier alpha value is -2.38. The van der Waals surface area contributed by atoms with Gasteiger partial charge in [0.15, 0.2) is 5.82 Å². The minimum absolute atomic E-state index is 0.0674. The number of hydrogen-bond acceptors (Lipinski definition) is 6. The molecular formula is C19H21N5OS. The Bertz CT molecular complexity index is 920. The lowest BCUT2D eigenvalue weighted by Crippen LogP contribution is -2.34. The second kappa shape index (κ2) is 7.47. The summed E-state index contributed by atoms with van der Waals surface area (Å²) in [5.41, 5.74) is 1.95. The summed E-state index contributed by atoms with van der Waals surface area (Å²) in [4.78, 5) is 31.5. The molecule has 0 radical (unpaired) electrons. The number of thiophene rings is 1. The highest BCUT2D eigenvalue weighted by atomic mass is 32.1. The van der Waals surface area contributed by atoms with Gasteiger partial charge in [0, 0.05) is 43.0 Å². The van der Waals surface area contributed by atoms with Gasteiger partial charge < -0.3 is 4.98 Å². The number of piperidine rings is 1. The molecular weight excluding hydrogens is 346 g/mol. The monoisotopic (exact) mass is 367 g/mol. The molecule has 1 aliphatic rings. The Kier molecular flexibility index (Phi) is 4.90. The fourth-order valence-electron chi connectivity index (χ4n) is 3.48. The molecule has 1 atom stereocenters. The molecule has 6 nitrogen and oxygen atoms in total. The van der Waals surface area contributed by atoms with Crippen LogP contribution in [0.1, 0.15) is 35.8 Å². The van der Waals surface area contributed by atoms with Crippen LogP contribution in [0.3, 0.4) is 0 Å². The smallest absolute Gasteiger partial charge is 0.251 e. The van der Waals surface area contributed by atoms with Crippen molar-refractivity contribution >= 4 is 11.3 Å². The van der Waals surface area contributed by atoms with Crippen molar-refractivity contribution in [2.45, 2.75) is 32.2 Å². The van der Waals surface area contributed by atoms with Crippen LogP contribution in [0.4, 0.5) is 0 Å². The molecule has 4 rings (SSSR count). The predicted octanol–water partition coefficient (Wildman–Crippen LogP) is 2.98. The molecule has 1 saturated heterocycles. The number of H-pyrrole nitrogens is 1. The molecule has 1 fully saturated rings. The Labute approximate surface area is 156 Å². The Morgan fingerprint density at radius 1 is 1.35 bits per heavy atom. The van der Waals surface area contributed by atoms with Gasteiger partial charge in [0.25, 0.3) is 5.56 Å². The van der Waals surface area contributed by atoms with Gasteiger partial charge in [-0.2, -0.15) is 0 Å². The lowest BCUT2D eigenvalue weighted by atomic mass is 9.94. The largest absolute Gasteiger partial charge is 0.311 e. The summed E-state index contributed by atoms with van der Waals surface area (Å²) in [5.74, 6) is 1.77. The fourth-order valence-corrected chi connectivity index (χ4v) is 4.15. The van der Waals surface area contributed by atoms with Crippen molar-refractivity contribution in [2.24, 2.45) is 0 Å². The maximum atomic E-state index is 11.7. The highest BCUT2D eigenvalue weighted by Gasteiger charge is 2.23. The molecule has 0 saturated carbocycles. The summed E-state index contributed by atoms with van der Waals surface area (Å²) in [6.45, 7) is 4.61. The molecule has 0 aromatic carbocycles. The molecule has 1 unspecified atom stereocenters. The van der Waals surface area contributed by atoms with E-state index in [0.717, 1.165) is 54.4 Å². The van der Waals surface area contributed by atoms with Gasteiger partial charge in [-0.1, -0.05) is 6.07 Å². The summed E-state index contributed by atoms with van der Waals surface area (Å²) in [6, 6.07) is 5.68. The quantitative estimate of drug-likeness (QED) is 0.767. The van der Waals surface area contributed by atoms with Crippen molar-refractivity contribution in [3.8, 4) is 10.7 Å². The van der Waals surface area contributed by atoms with Crippen molar-refractivity contribution in [1.29, 1.82) is 0 Å². The van der Waals surface area contributed by atoms with E-state index in [1.807, 2.05) is 36.8 Å². The zero-order chi connectivity index (χ0) is 17.9. The topological polar surface area (TPSA) is 74.8 Å². The molecule has 0 amide bonds. The van der Waals surface area contributed by atoms with E-state index in [0.29, 0.717) is 11.7 Å². The van der Waals surface area contributed by atoms with E-state index in [1.165, 1.54) is 0 Å². The molecule has 0 aliphatic carbocycles. The number of hydrogen-bond donors (Lipinski definition) is 1. The molecule has 7 heteroatoms. The Morgan fingerprint density at radius 3 is 2.92 bits per heavy atom. The van der Waals surface area contributed by atoms with Gasteiger partial charge in [0.05, 0.1) is 10.6 Å². The van der Waals surface area contributed by atoms with Crippen molar-refractivity contribution < 1.29 is 0 Å². The van der Waals surface area contributed by atoms with E-state index in [1.54, 1.807) is 17.4 Å². The number of nitrogens with one attached hydrogen (secondary N) is 1. The maximum absolute atomic E-state index is 11.7. The SMILES string of the molecule is Cc1nc(C2CCCN(Cc3cnc(-c4cccs4)nc3)C2)cc(=O)[nH]1. The summed E-state index contributed by atoms with van der Waals surface area (Å²) < 4.78 is 0. The van der Waals surface area contributed by atoms with Crippen molar-refractivity contribution in [3.63, 3.8) is 0 Å². The second-order valence-corrected chi connectivity index (χ2v) is 7.67. The molecule has 134 valence electrons. The second-order valence-electron chi connectivity index (χ2n) is 6.72. The van der Waals surface area contributed by atoms with Crippen molar-refractivity contribution in [3.05, 3.63) is 63.4 Å². The fraction of sp³-hybridized carbons (Fsp3) is 0.368. The average Bonchev–Trinajstić information content (AvgIpc) is 3.16. The van der Waals surface area contributed by atoms with Crippen molar-refractivity contribution in [2.75, 3.05) is 13.1 Å². The summed E-state index contributed by atoms with van der Waals surface area (Å²) in [5, 5.41) is 2.03. The third kappa shape index (κ3) is 3.89. The number of aryl methyl sites for hydroxylation is 1. The Balaban J connectivity index is 1.44. The normalized spacial score (nSPS) is 18.1. The van der Waals surface area contributed by atoms with Crippen molar-refractivity contribution in [1.82, 2.24) is 24.8 Å². The van der Waals surface area contributed by atoms with Crippen LogP contribution in [0, 0.1) is 6.92 Å². The lowest BCUT2D eigenvalue weighted by Gasteiger charge is -2.32. The van der Waals surface area contributed by atoms with Gasteiger partial charge in [-0.15, -0.1) is 11.3 Å². The third-order valence-corrected chi connectivity index (χ3v) is 5.52. The van der Waals surface area contributed by atoms with E-state index in [4.69, 9.17) is 0 Å². The third-order valence-electron chi connectivity index (χ3n) is 4.66. The van der Waals surface area contributed by atoms with Crippen LogP contribution in [-0.2, 0) is 6.54 Å². The van der Waals surface area contributed by atoms with Gasteiger partial charge in [-0.25, -0.2) is 15.0 Å². The minimum atomic E-state index is -0.0674. The minimum Gasteiger partial charge on any atom is -0.311 e. The first-order valence-electron chi connectivity index (χ1n) is 8.82. The molecule has 26 heavy (non-hydrogen) atoms. The summed E-state index contributed by atoms with van der Waals surface area (Å²) in [6.07, 6.45) is 6.01. The lowest BCUT2D eigenvalue weighted by molar-refractivity contribution is 0.198. The van der Waals surface area contributed by atoms with E-state index in [9.17, 15) is 4.79 Å². The zero-order valence-electron chi connectivity index (χ0n) is 14.7. The number of aromatic nitrogens is 4. The van der Waals surface area contributed by atoms with Gasteiger partial charge >= 0.3 is 0 Å². The molecule has 0 bridgehead atoms. The molecule has 1 aliphatic heterocycles. The van der Waals surface area contributed by atoms with E-state index in [-0.39, 0.29) is 5.56 Å². The standard InChI is InChI=1S/C19H21N5OS/c1-13-22-16(8-18(25)23-13)15-4-2-6-24(12-15)11-14-9-20-19(21-10-14)17-5-3-7-26-17/h3,5,7-10,15H,2,4,6,11-12H2,1H3,(H,22,23,25). The Morgan fingerprint density at radius 2 is 2.19 bits per heavy atom. The van der Waals surface area contributed by atoms with Gasteiger partial charge in [-0.3, -0.25) is 9.69 Å². The first-order chi connectivity index (χ1) is 12.7. The zero-order valence-corrected chi connectivity index (χ0v) is 15.5. The van der Waals surface area contributed by atoms with Crippen LogP contribution in [0.15, 0.2) is 40.8 Å². The first kappa shape index (κ1) is 17.1. The number of rotatable bonds is 4. The van der Waals surface area contributed by atoms with E-state index in [2.05, 4.69) is 24.8 Å². The number of nitrogens with zero attached hydrogens (tertiary/aromatic N) is 4. The highest BCUT2D eigenvalue weighted by molar-refractivity contribution is 7.13. The molecule has 4 heterocycles.